The van der Waals surface area contributed by atoms with Gasteiger partial charge in [-0.25, -0.2) is 0 Å². The largest absolute Gasteiger partial charge is 0.469 e. The van der Waals surface area contributed by atoms with Crippen molar-refractivity contribution in [3.8, 4) is 0 Å². The standard InChI is InChI=1S/C17H19N3O4S2/c1-15(14(23)24-4)9-17-13(22)19(3)16(2,26(17)25)12(21)20(17)11(15)10-6-5-7-18-8-10/h5-8,11H,9H2,1-4H3/t11?,15-,16-,17-,26?/m0/s1. The Kier molecular flexibility index (Phi) is 3.44. The number of rotatable bonds is 2. The molecule has 138 valence electrons. The lowest BCUT2D eigenvalue weighted by molar-refractivity contribution is -0.160. The van der Waals surface area contributed by atoms with E-state index in [0.717, 1.165) is 0 Å². The minimum atomic E-state index is -1.18. The highest BCUT2D eigenvalue weighted by atomic mass is 32.8. The fourth-order valence-electron chi connectivity index (χ4n) is 4.69. The van der Waals surface area contributed by atoms with Gasteiger partial charge in [0.25, 0.3) is 11.8 Å². The van der Waals surface area contributed by atoms with Crippen LogP contribution in [-0.2, 0) is 39.8 Å². The first kappa shape index (κ1) is 17.5. The van der Waals surface area contributed by atoms with Crippen LogP contribution in [0.2, 0.25) is 0 Å². The second kappa shape index (κ2) is 5.10. The predicted octanol–water partition coefficient (Wildman–Crippen LogP) is 0.513. The maximum Gasteiger partial charge on any atom is 0.314 e. The topological polar surface area (TPSA) is 79.8 Å². The molecule has 3 aliphatic rings. The number of hydrogen-bond donors (Lipinski definition) is 0. The van der Waals surface area contributed by atoms with Gasteiger partial charge in [-0.05, 0) is 36.7 Å². The zero-order valence-corrected chi connectivity index (χ0v) is 16.5. The molecule has 1 aromatic heterocycles. The number of aromatic nitrogens is 1. The zero-order chi connectivity index (χ0) is 19.1. The maximum atomic E-state index is 13.4. The Morgan fingerprint density at radius 3 is 2.65 bits per heavy atom. The van der Waals surface area contributed by atoms with E-state index in [-0.39, 0.29) is 18.2 Å². The molecule has 26 heavy (non-hydrogen) atoms. The number of esters is 1. The van der Waals surface area contributed by atoms with Crippen molar-refractivity contribution in [2.75, 3.05) is 14.2 Å². The lowest BCUT2D eigenvalue weighted by Crippen LogP contribution is -2.60. The van der Waals surface area contributed by atoms with Crippen molar-refractivity contribution in [2.45, 2.75) is 36.1 Å². The van der Waals surface area contributed by atoms with Gasteiger partial charge in [-0.15, -0.1) is 0 Å². The van der Waals surface area contributed by atoms with Crippen LogP contribution in [0, 0.1) is 5.41 Å². The Morgan fingerprint density at radius 1 is 1.38 bits per heavy atom. The summed E-state index contributed by atoms with van der Waals surface area (Å²) < 4.78 is 5.06. The Morgan fingerprint density at radius 2 is 2.08 bits per heavy atom. The molecule has 0 N–H and O–H groups in total. The third-order valence-electron chi connectivity index (χ3n) is 6.07. The minimum Gasteiger partial charge on any atom is -0.469 e. The summed E-state index contributed by atoms with van der Waals surface area (Å²) >= 11 is 5.75. The van der Waals surface area contributed by atoms with Crippen LogP contribution in [0.15, 0.2) is 24.5 Å². The van der Waals surface area contributed by atoms with Gasteiger partial charge >= 0.3 is 5.97 Å². The van der Waals surface area contributed by atoms with Crippen LogP contribution in [-0.4, -0.2) is 56.5 Å². The monoisotopic (exact) mass is 393 g/mol. The number of amides is 2. The number of carbonyl (C=O) groups excluding carboxylic acids is 3. The van der Waals surface area contributed by atoms with Gasteiger partial charge in [0.05, 0.1) is 18.6 Å². The van der Waals surface area contributed by atoms with E-state index in [2.05, 4.69) is 4.98 Å². The van der Waals surface area contributed by atoms with E-state index in [0.29, 0.717) is 5.56 Å². The number of fused-ring (bicyclic) bond motifs is 1. The first-order valence-corrected chi connectivity index (χ1v) is 10.3. The van der Waals surface area contributed by atoms with Crippen molar-refractivity contribution in [3.05, 3.63) is 30.1 Å². The predicted molar refractivity (Wildman–Crippen MR) is 97.2 cm³/mol. The number of hydrogen-bond acceptors (Lipinski definition) is 6. The first-order chi connectivity index (χ1) is 12.2. The molecule has 1 aromatic rings. The lowest BCUT2D eigenvalue weighted by Gasteiger charge is -2.40. The van der Waals surface area contributed by atoms with E-state index in [9.17, 15) is 14.4 Å². The third kappa shape index (κ3) is 1.62. The van der Waals surface area contributed by atoms with Crippen LogP contribution >= 0.6 is 0 Å². The zero-order valence-electron chi connectivity index (χ0n) is 14.9. The average Bonchev–Trinajstić information content (AvgIpc) is 3.08. The quantitative estimate of drug-likeness (QED) is 0.682. The van der Waals surface area contributed by atoms with Crippen LogP contribution in [0.3, 0.4) is 0 Å². The fourth-order valence-corrected chi connectivity index (χ4v) is 8.21. The van der Waals surface area contributed by atoms with Gasteiger partial charge in [0.1, 0.15) is 0 Å². The smallest absolute Gasteiger partial charge is 0.314 e. The molecule has 0 saturated carbocycles. The molecule has 3 fully saturated rings. The van der Waals surface area contributed by atoms with Crippen molar-refractivity contribution >= 4 is 38.4 Å². The molecule has 3 saturated heterocycles. The molecule has 3 aliphatic heterocycles. The number of pyridine rings is 1. The summed E-state index contributed by atoms with van der Waals surface area (Å²) in [6.07, 6.45) is 3.41. The molecule has 7 nitrogen and oxygen atoms in total. The van der Waals surface area contributed by atoms with E-state index < -0.39 is 36.6 Å². The lowest BCUT2D eigenvalue weighted by atomic mass is 9.78. The van der Waals surface area contributed by atoms with Crippen LogP contribution in [0.25, 0.3) is 0 Å². The first-order valence-electron chi connectivity index (χ1n) is 8.19. The minimum absolute atomic E-state index is 0.156. The molecule has 9 heteroatoms. The van der Waals surface area contributed by atoms with Crippen LogP contribution in [0.4, 0.5) is 0 Å². The van der Waals surface area contributed by atoms with E-state index in [1.54, 1.807) is 44.3 Å². The highest BCUT2D eigenvalue weighted by molar-refractivity contribution is 8.31. The van der Waals surface area contributed by atoms with Crippen molar-refractivity contribution < 1.29 is 19.1 Å². The number of methoxy groups -OCH3 is 1. The van der Waals surface area contributed by atoms with Gasteiger partial charge in [-0.3, -0.25) is 19.4 Å². The number of carbonyl (C=O) groups is 3. The van der Waals surface area contributed by atoms with E-state index >= 15 is 0 Å². The molecule has 2 bridgehead atoms. The highest BCUT2D eigenvalue weighted by Crippen LogP contribution is 2.65. The molecular formula is C17H19N3O4S2. The number of ether oxygens (including phenoxy) is 1. The molecule has 1 spiro atoms. The van der Waals surface area contributed by atoms with Crippen molar-refractivity contribution in [1.82, 2.24) is 14.8 Å². The number of piperazine rings is 1. The molecular weight excluding hydrogens is 374 g/mol. The normalized spacial score (nSPS) is 40.9. The van der Waals surface area contributed by atoms with Gasteiger partial charge in [-0.1, -0.05) is 15.5 Å². The molecule has 2 unspecified atom stereocenters. The van der Waals surface area contributed by atoms with Gasteiger partial charge in [0.2, 0.25) is 0 Å². The summed E-state index contributed by atoms with van der Waals surface area (Å²) in [4.78, 5) is 44.3. The summed E-state index contributed by atoms with van der Waals surface area (Å²) in [6, 6.07) is 2.92. The Labute approximate surface area is 158 Å². The Balaban J connectivity index is 1.99. The molecule has 0 radical (unpaired) electrons. The molecule has 0 aliphatic carbocycles. The van der Waals surface area contributed by atoms with Crippen molar-refractivity contribution in [3.63, 3.8) is 0 Å². The molecule has 2 amide bonds. The number of likely N-dealkylation sites (N-methyl/N-ethyl adjacent to an activating group) is 1. The fraction of sp³-hybridized carbons (Fsp3) is 0.529. The molecule has 4 rings (SSSR count). The van der Waals surface area contributed by atoms with E-state index in [1.807, 2.05) is 6.07 Å². The summed E-state index contributed by atoms with van der Waals surface area (Å²) in [5.41, 5.74) is -0.385. The van der Waals surface area contributed by atoms with Crippen molar-refractivity contribution in [1.29, 1.82) is 0 Å². The highest BCUT2D eigenvalue weighted by Gasteiger charge is 2.81. The van der Waals surface area contributed by atoms with Crippen molar-refractivity contribution in [2.24, 2.45) is 5.41 Å². The average molecular weight is 393 g/mol. The maximum absolute atomic E-state index is 13.4. The SMILES string of the molecule is COC(=O)[C@@]1(C)C[C@]23C(=O)N(C)[C@](C)(C(=O)N2C1c1cccnc1)S3=S. The molecule has 0 aromatic carbocycles. The van der Waals surface area contributed by atoms with E-state index in [4.69, 9.17) is 15.9 Å². The summed E-state index contributed by atoms with van der Waals surface area (Å²) in [5.74, 6) is -0.863. The van der Waals surface area contributed by atoms with Gasteiger partial charge in [0.15, 0.2) is 9.74 Å². The second-order valence-electron chi connectivity index (χ2n) is 7.35. The van der Waals surface area contributed by atoms with Gasteiger partial charge < -0.3 is 14.5 Å². The second-order valence-corrected chi connectivity index (χ2v) is 10.4. The summed E-state index contributed by atoms with van der Waals surface area (Å²) in [5, 5.41) is 0. The summed E-state index contributed by atoms with van der Waals surface area (Å²) in [6.45, 7) is 3.47. The molecule has 5 atom stereocenters. The van der Waals surface area contributed by atoms with E-state index in [1.165, 1.54) is 12.0 Å². The summed E-state index contributed by atoms with van der Waals surface area (Å²) in [7, 11) is 1.95. The third-order valence-corrected chi connectivity index (χ3v) is 10.2. The van der Waals surface area contributed by atoms with Gasteiger partial charge in [0, 0.05) is 25.9 Å². The van der Waals surface area contributed by atoms with Gasteiger partial charge in [-0.2, -0.15) is 0 Å². The molecule has 4 heterocycles. The Hall–Kier alpha value is -1.87. The number of nitrogens with zero attached hydrogens (tertiary/aromatic N) is 3. The van der Waals surface area contributed by atoms with Crippen LogP contribution in [0.1, 0.15) is 31.9 Å². The van der Waals surface area contributed by atoms with Crippen LogP contribution in [0.5, 0.6) is 0 Å². The Bertz CT molecular complexity index is 878. The van der Waals surface area contributed by atoms with Crippen LogP contribution < -0.4 is 0 Å².